The van der Waals surface area contributed by atoms with Crippen LogP contribution in [-0.2, 0) is 4.79 Å². The van der Waals surface area contributed by atoms with Crippen molar-refractivity contribution in [3.8, 4) is 0 Å². The lowest BCUT2D eigenvalue weighted by Crippen LogP contribution is -2.46. The molecule has 0 unspecified atom stereocenters. The van der Waals surface area contributed by atoms with Crippen molar-refractivity contribution in [2.75, 3.05) is 32.5 Å². The van der Waals surface area contributed by atoms with Crippen molar-refractivity contribution in [2.24, 2.45) is 0 Å². The highest BCUT2D eigenvalue weighted by atomic mass is 16.2. The van der Waals surface area contributed by atoms with Gasteiger partial charge in [0.15, 0.2) is 12.3 Å². The monoisotopic (exact) mass is 422 g/mol. The Labute approximate surface area is 186 Å². The highest BCUT2D eigenvalue weighted by Gasteiger charge is 2.19. The molecule has 0 atom stereocenters. The number of amides is 1. The van der Waals surface area contributed by atoms with Crippen LogP contribution in [-0.4, -0.2) is 48.3 Å². The Morgan fingerprint density at radius 1 is 0.935 bits per heavy atom. The van der Waals surface area contributed by atoms with E-state index in [9.17, 15) is 9.59 Å². The minimum Gasteiger partial charge on any atom is -0.321 e. The second kappa shape index (κ2) is 12.8. The predicted octanol–water partition coefficient (Wildman–Crippen LogP) is 5.35. The van der Waals surface area contributed by atoms with Crippen molar-refractivity contribution >= 4 is 23.5 Å². The van der Waals surface area contributed by atoms with E-state index < -0.39 is 0 Å². The van der Waals surface area contributed by atoms with E-state index in [1.54, 1.807) is 48.8 Å². The second-order valence-electron chi connectivity index (χ2n) is 8.69. The summed E-state index contributed by atoms with van der Waals surface area (Å²) in [5, 5.41) is 2.95. The lowest BCUT2D eigenvalue weighted by Gasteiger charge is -2.29. The standard InChI is InChI=1S/C26H35N3O2/c1-4-5-6-7-8-9-20-29(2,3)21-26(31)28-24-13-11-23(12-14-24)25(30)15-10-22-16-18-27-19-17-22/h10-19H,4-9,20-21H2,1-3H3/p+1/b15-10+. The first-order chi connectivity index (χ1) is 14.9. The van der Waals surface area contributed by atoms with E-state index in [4.69, 9.17) is 0 Å². The third-order valence-electron chi connectivity index (χ3n) is 5.28. The zero-order valence-electron chi connectivity index (χ0n) is 19.1. The predicted molar refractivity (Wildman–Crippen MR) is 128 cm³/mol. The number of anilines is 1. The van der Waals surface area contributed by atoms with Crippen molar-refractivity contribution in [1.29, 1.82) is 0 Å². The highest BCUT2D eigenvalue weighted by molar-refractivity contribution is 6.07. The maximum absolute atomic E-state index is 12.5. The lowest BCUT2D eigenvalue weighted by molar-refractivity contribution is -0.882. The normalized spacial score (nSPS) is 11.6. The van der Waals surface area contributed by atoms with E-state index in [2.05, 4.69) is 31.3 Å². The Bertz CT molecular complexity index is 843. The molecule has 0 radical (unpaired) electrons. The van der Waals surface area contributed by atoms with Gasteiger partial charge in [0.1, 0.15) is 0 Å². The molecule has 1 aromatic carbocycles. The fraction of sp³-hybridized carbons (Fsp3) is 0.423. The van der Waals surface area contributed by atoms with Crippen LogP contribution in [0.25, 0.3) is 6.08 Å². The van der Waals surface area contributed by atoms with Gasteiger partial charge in [-0.1, -0.05) is 38.7 Å². The largest absolute Gasteiger partial charge is 0.321 e. The molecule has 0 saturated carbocycles. The summed E-state index contributed by atoms with van der Waals surface area (Å²) in [6, 6.07) is 10.7. The van der Waals surface area contributed by atoms with Crippen LogP contribution >= 0.6 is 0 Å². The molecule has 1 amide bonds. The molecule has 0 fully saturated rings. The van der Waals surface area contributed by atoms with Crippen molar-refractivity contribution in [3.63, 3.8) is 0 Å². The molecule has 166 valence electrons. The van der Waals surface area contributed by atoms with Crippen LogP contribution in [0.4, 0.5) is 5.69 Å². The van der Waals surface area contributed by atoms with Crippen molar-refractivity contribution in [1.82, 2.24) is 4.98 Å². The molecule has 2 aromatic rings. The van der Waals surface area contributed by atoms with Gasteiger partial charge < -0.3 is 9.80 Å². The molecule has 0 aliphatic heterocycles. The quantitative estimate of drug-likeness (QED) is 0.205. The molecule has 1 N–H and O–H groups in total. The second-order valence-corrected chi connectivity index (χ2v) is 8.69. The first kappa shape index (κ1) is 24.5. The third-order valence-corrected chi connectivity index (χ3v) is 5.28. The maximum atomic E-state index is 12.5. The van der Waals surface area contributed by atoms with Gasteiger partial charge in [-0.15, -0.1) is 0 Å². The van der Waals surface area contributed by atoms with Gasteiger partial charge >= 0.3 is 0 Å². The Balaban J connectivity index is 1.79. The number of likely N-dealkylation sites (N-methyl/N-ethyl adjacent to an activating group) is 1. The number of nitrogens with zero attached hydrogens (tertiary/aromatic N) is 2. The van der Waals surface area contributed by atoms with Crippen LogP contribution in [0.15, 0.2) is 54.9 Å². The molecule has 0 bridgehead atoms. The number of quaternary nitrogens is 1. The van der Waals surface area contributed by atoms with Crippen LogP contribution in [0.1, 0.15) is 61.4 Å². The summed E-state index contributed by atoms with van der Waals surface area (Å²) >= 11 is 0. The van der Waals surface area contributed by atoms with E-state index in [0.29, 0.717) is 22.3 Å². The number of rotatable bonds is 13. The number of hydrogen-bond donors (Lipinski definition) is 1. The summed E-state index contributed by atoms with van der Waals surface area (Å²) < 4.78 is 0.677. The highest BCUT2D eigenvalue weighted by Crippen LogP contribution is 2.13. The minimum atomic E-state index is -0.0774. The number of hydrogen-bond acceptors (Lipinski definition) is 3. The van der Waals surface area contributed by atoms with Gasteiger partial charge in [-0.25, -0.2) is 0 Å². The zero-order valence-corrected chi connectivity index (χ0v) is 19.1. The van der Waals surface area contributed by atoms with E-state index in [0.717, 1.165) is 18.5 Å². The summed E-state index contributed by atoms with van der Waals surface area (Å²) in [5.74, 6) is -0.0842. The summed E-state index contributed by atoms with van der Waals surface area (Å²) in [4.78, 5) is 28.8. The van der Waals surface area contributed by atoms with Crippen molar-refractivity contribution < 1.29 is 14.1 Å². The average Bonchev–Trinajstić information content (AvgIpc) is 2.75. The molecule has 2 rings (SSSR count). The van der Waals surface area contributed by atoms with Crippen molar-refractivity contribution in [3.05, 3.63) is 66.0 Å². The molecule has 5 nitrogen and oxygen atoms in total. The Morgan fingerprint density at radius 2 is 1.58 bits per heavy atom. The first-order valence-corrected chi connectivity index (χ1v) is 11.2. The summed E-state index contributed by atoms with van der Waals surface area (Å²) in [6.07, 6.45) is 14.2. The molecule has 0 aliphatic rings. The molecular formula is C26H36N3O2+. The Kier molecular flexibility index (Phi) is 10.1. The summed E-state index contributed by atoms with van der Waals surface area (Å²) in [5.41, 5.74) is 2.22. The number of benzene rings is 1. The fourth-order valence-corrected chi connectivity index (χ4v) is 3.45. The minimum absolute atomic E-state index is 0.00681. The number of pyridine rings is 1. The van der Waals surface area contributed by atoms with E-state index >= 15 is 0 Å². The molecule has 31 heavy (non-hydrogen) atoms. The fourth-order valence-electron chi connectivity index (χ4n) is 3.45. The lowest BCUT2D eigenvalue weighted by atomic mass is 10.1. The molecule has 1 aromatic heterocycles. The van der Waals surface area contributed by atoms with Gasteiger partial charge in [0.25, 0.3) is 5.91 Å². The van der Waals surface area contributed by atoms with Gasteiger partial charge in [0, 0.05) is 23.6 Å². The Morgan fingerprint density at radius 3 is 2.26 bits per heavy atom. The summed E-state index contributed by atoms with van der Waals surface area (Å²) in [6.45, 7) is 3.66. The third kappa shape index (κ3) is 9.71. The number of allylic oxidation sites excluding steroid dienone is 1. The van der Waals surface area contributed by atoms with Crippen LogP contribution in [0.5, 0.6) is 0 Å². The van der Waals surface area contributed by atoms with E-state index in [1.165, 1.54) is 32.1 Å². The molecule has 0 saturated heterocycles. The molecule has 1 heterocycles. The van der Waals surface area contributed by atoms with Gasteiger partial charge in [-0.05, 0) is 60.9 Å². The van der Waals surface area contributed by atoms with Crippen molar-refractivity contribution in [2.45, 2.75) is 45.4 Å². The molecular weight excluding hydrogens is 386 g/mol. The zero-order chi connectivity index (χ0) is 22.5. The van der Waals surface area contributed by atoms with Gasteiger partial charge in [-0.2, -0.15) is 0 Å². The SMILES string of the molecule is CCCCCCCC[N+](C)(C)CC(=O)Nc1ccc(C(=O)/C=C/c2ccncc2)cc1. The number of unbranched alkanes of at least 4 members (excludes halogenated alkanes) is 5. The molecule has 5 heteroatoms. The molecule has 0 spiro atoms. The first-order valence-electron chi connectivity index (χ1n) is 11.2. The van der Waals surface area contributed by atoms with Gasteiger partial charge in [0.05, 0.1) is 20.6 Å². The smallest absolute Gasteiger partial charge is 0.279 e. The van der Waals surface area contributed by atoms with Gasteiger partial charge in [-0.3, -0.25) is 14.6 Å². The number of carbonyl (C=O) groups excluding carboxylic acids is 2. The summed E-state index contributed by atoms with van der Waals surface area (Å²) in [7, 11) is 4.20. The number of nitrogens with one attached hydrogen (secondary N) is 1. The van der Waals surface area contributed by atoms with Crippen LogP contribution in [0.2, 0.25) is 0 Å². The molecule has 0 aliphatic carbocycles. The maximum Gasteiger partial charge on any atom is 0.279 e. The number of carbonyl (C=O) groups is 2. The topological polar surface area (TPSA) is 59.1 Å². The number of ketones is 1. The van der Waals surface area contributed by atoms with E-state index in [1.807, 2.05) is 12.1 Å². The van der Waals surface area contributed by atoms with E-state index in [-0.39, 0.29) is 11.7 Å². The average molecular weight is 423 g/mol. The van der Waals surface area contributed by atoms with Crippen LogP contribution in [0, 0.1) is 0 Å². The van der Waals surface area contributed by atoms with Gasteiger partial charge in [0.2, 0.25) is 0 Å². The van der Waals surface area contributed by atoms with Crippen LogP contribution in [0.3, 0.4) is 0 Å². The number of aromatic nitrogens is 1. The Hall–Kier alpha value is -2.79. The van der Waals surface area contributed by atoms with Crippen LogP contribution < -0.4 is 5.32 Å².